The van der Waals surface area contributed by atoms with E-state index in [9.17, 15) is 4.79 Å². The Morgan fingerprint density at radius 2 is 1.54 bits per heavy atom. The molecule has 3 aromatic carbocycles. The number of thiocarbonyl (C=S) groups is 1. The topological polar surface area (TPSA) is 64.4 Å². The number of nitrogens with two attached hydrogens (primary N) is 1. The van der Waals surface area contributed by atoms with Crippen molar-refractivity contribution in [1.82, 2.24) is 0 Å². The number of benzene rings is 3. The Morgan fingerprint density at radius 3 is 2.15 bits per heavy atom. The van der Waals surface area contributed by atoms with Crippen LogP contribution in [0.2, 0.25) is 5.02 Å². The fourth-order valence-electron chi connectivity index (χ4n) is 2.25. The van der Waals surface area contributed by atoms with Gasteiger partial charge in [0.1, 0.15) is 16.5 Å². The number of amides is 1. The first-order valence-corrected chi connectivity index (χ1v) is 8.55. The van der Waals surface area contributed by atoms with Gasteiger partial charge in [0.2, 0.25) is 0 Å². The van der Waals surface area contributed by atoms with E-state index < -0.39 is 0 Å². The third-order valence-electron chi connectivity index (χ3n) is 3.61. The minimum absolute atomic E-state index is 0.223. The molecule has 3 rings (SSSR count). The first-order valence-electron chi connectivity index (χ1n) is 7.76. The Morgan fingerprint density at radius 1 is 0.923 bits per heavy atom. The van der Waals surface area contributed by atoms with Crippen molar-refractivity contribution in [2.75, 3.05) is 5.32 Å². The standard InChI is InChI=1S/C20H15ClN2O2S/c21-17-3-1-2-4-18(17)25-16-11-9-15(10-12-16)23-20(24)14-7-5-13(6-8-14)19(22)26/h1-12H,(H2,22,26)(H,23,24). The smallest absolute Gasteiger partial charge is 0.255 e. The number of carbonyl (C=O) groups is 1. The molecule has 0 aliphatic rings. The van der Waals surface area contributed by atoms with Crippen LogP contribution < -0.4 is 15.8 Å². The monoisotopic (exact) mass is 382 g/mol. The van der Waals surface area contributed by atoms with E-state index >= 15 is 0 Å². The van der Waals surface area contributed by atoms with Gasteiger partial charge in [-0.3, -0.25) is 4.79 Å². The Labute approximate surface area is 161 Å². The van der Waals surface area contributed by atoms with Crippen LogP contribution in [0.15, 0.2) is 72.8 Å². The largest absolute Gasteiger partial charge is 0.456 e. The summed E-state index contributed by atoms with van der Waals surface area (Å²) in [6.07, 6.45) is 0. The molecule has 0 saturated carbocycles. The van der Waals surface area contributed by atoms with Crippen molar-refractivity contribution in [3.63, 3.8) is 0 Å². The van der Waals surface area contributed by atoms with Crippen LogP contribution in [0.25, 0.3) is 0 Å². The minimum Gasteiger partial charge on any atom is -0.456 e. The van der Waals surface area contributed by atoms with Gasteiger partial charge in [-0.1, -0.05) is 48.1 Å². The van der Waals surface area contributed by atoms with Gasteiger partial charge in [0, 0.05) is 16.8 Å². The average Bonchev–Trinajstić information content (AvgIpc) is 2.65. The molecule has 26 heavy (non-hydrogen) atoms. The van der Waals surface area contributed by atoms with Gasteiger partial charge < -0.3 is 15.8 Å². The SMILES string of the molecule is NC(=S)c1ccc(C(=O)Nc2ccc(Oc3ccccc3Cl)cc2)cc1. The van der Waals surface area contributed by atoms with Crippen molar-refractivity contribution in [3.8, 4) is 11.5 Å². The summed E-state index contributed by atoms with van der Waals surface area (Å²) in [7, 11) is 0. The van der Waals surface area contributed by atoms with Gasteiger partial charge in [-0.05, 0) is 48.5 Å². The highest BCUT2D eigenvalue weighted by molar-refractivity contribution is 7.80. The van der Waals surface area contributed by atoms with Gasteiger partial charge in [-0.2, -0.15) is 0 Å². The van der Waals surface area contributed by atoms with E-state index in [4.69, 9.17) is 34.3 Å². The number of halogens is 1. The van der Waals surface area contributed by atoms with Gasteiger partial charge in [-0.25, -0.2) is 0 Å². The quantitative estimate of drug-likeness (QED) is 0.608. The lowest BCUT2D eigenvalue weighted by Gasteiger charge is -2.09. The number of nitrogens with one attached hydrogen (secondary N) is 1. The summed E-state index contributed by atoms with van der Waals surface area (Å²) < 4.78 is 5.72. The lowest BCUT2D eigenvalue weighted by atomic mass is 10.1. The number of para-hydroxylation sites is 1. The van der Waals surface area contributed by atoms with Crippen LogP contribution >= 0.6 is 23.8 Å². The van der Waals surface area contributed by atoms with Crippen molar-refractivity contribution in [1.29, 1.82) is 0 Å². The molecule has 0 unspecified atom stereocenters. The molecule has 0 radical (unpaired) electrons. The normalized spacial score (nSPS) is 10.2. The Balaban J connectivity index is 1.66. The Hall–Kier alpha value is -2.89. The van der Waals surface area contributed by atoms with Crippen molar-refractivity contribution < 1.29 is 9.53 Å². The second-order valence-electron chi connectivity index (χ2n) is 5.45. The maximum atomic E-state index is 12.3. The second-order valence-corrected chi connectivity index (χ2v) is 6.30. The zero-order valence-corrected chi connectivity index (χ0v) is 15.2. The van der Waals surface area contributed by atoms with E-state index in [-0.39, 0.29) is 5.91 Å². The average molecular weight is 383 g/mol. The molecule has 0 aliphatic heterocycles. The van der Waals surface area contributed by atoms with Gasteiger partial charge in [0.05, 0.1) is 5.02 Å². The highest BCUT2D eigenvalue weighted by atomic mass is 35.5. The molecule has 0 bridgehead atoms. The van der Waals surface area contributed by atoms with Gasteiger partial charge in [-0.15, -0.1) is 0 Å². The molecular weight excluding hydrogens is 368 g/mol. The molecule has 0 spiro atoms. The molecule has 4 nitrogen and oxygen atoms in total. The van der Waals surface area contributed by atoms with E-state index in [0.29, 0.717) is 32.8 Å². The molecule has 0 saturated heterocycles. The molecule has 3 aromatic rings. The predicted octanol–water partition coefficient (Wildman–Crippen LogP) is 5.02. The van der Waals surface area contributed by atoms with Crippen molar-refractivity contribution in [2.24, 2.45) is 5.73 Å². The second kappa shape index (κ2) is 7.99. The summed E-state index contributed by atoms with van der Waals surface area (Å²) in [5.74, 6) is 0.972. The van der Waals surface area contributed by atoms with Gasteiger partial charge in [0.25, 0.3) is 5.91 Å². The zero-order chi connectivity index (χ0) is 18.5. The first-order chi connectivity index (χ1) is 12.5. The van der Waals surface area contributed by atoms with E-state index in [1.165, 1.54) is 0 Å². The van der Waals surface area contributed by atoms with Crippen LogP contribution in [0, 0.1) is 0 Å². The molecule has 130 valence electrons. The van der Waals surface area contributed by atoms with Crippen LogP contribution in [0.1, 0.15) is 15.9 Å². The summed E-state index contributed by atoms with van der Waals surface area (Å²) in [4.78, 5) is 12.6. The van der Waals surface area contributed by atoms with Crippen LogP contribution in [-0.2, 0) is 0 Å². The van der Waals surface area contributed by atoms with Gasteiger partial charge in [0.15, 0.2) is 0 Å². The number of ether oxygens (including phenoxy) is 1. The lowest BCUT2D eigenvalue weighted by Crippen LogP contribution is -2.13. The third-order valence-corrected chi connectivity index (χ3v) is 4.16. The van der Waals surface area contributed by atoms with Crippen molar-refractivity contribution in [3.05, 3.63) is 88.9 Å². The molecule has 0 fully saturated rings. The van der Waals surface area contributed by atoms with Crippen LogP contribution in [0.5, 0.6) is 11.5 Å². The van der Waals surface area contributed by atoms with Crippen LogP contribution in [0.3, 0.4) is 0 Å². The Bertz CT molecular complexity index is 941. The number of hydrogen-bond acceptors (Lipinski definition) is 3. The van der Waals surface area contributed by atoms with E-state index in [1.807, 2.05) is 12.1 Å². The highest BCUT2D eigenvalue weighted by Gasteiger charge is 2.07. The maximum Gasteiger partial charge on any atom is 0.255 e. The number of carbonyl (C=O) groups excluding carboxylic acids is 1. The number of hydrogen-bond donors (Lipinski definition) is 2. The van der Waals surface area contributed by atoms with Crippen molar-refractivity contribution >= 4 is 40.4 Å². The summed E-state index contributed by atoms with van der Waals surface area (Å²) in [6.45, 7) is 0. The summed E-state index contributed by atoms with van der Waals surface area (Å²) >= 11 is 11.0. The highest BCUT2D eigenvalue weighted by Crippen LogP contribution is 2.29. The molecule has 0 atom stereocenters. The number of anilines is 1. The predicted molar refractivity (Wildman–Crippen MR) is 108 cm³/mol. The summed E-state index contributed by atoms with van der Waals surface area (Å²) in [6, 6.07) is 21.1. The maximum absolute atomic E-state index is 12.3. The number of rotatable bonds is 5. The van der Waals surface area contributed by atoms with E-state index in [0.717, 1.165) is 5.56 Å². The fraction of sp³-hybridized carbons (Fsp3) is 0. The summed E-state index contributed by atoms with van der Waals surface area (Å²) in [5, 5.41) is 3.36. The fourth-order valence-corrected chi connectivity index (χ4v) is 2.56. The molecule has 3 N–H and O–H groups in total. The van der Waals surface area contributed by atoms with Crippen LogP contribution in [0.4, 0.5) is 5.69 Å². The molecular formula is C20H15ClN2O2S. The molecule has 0 heterocycles. The van der Waals surface area contributed by atoms with E-state index in [2.05, 4.69) is 5.32 Å². The van der Waals surface area contributed by atoms with Gasteiger partial charge >= 0.3 is 0 Å². The summed E-state index contributed by atoms with van der Waals surface area (Å²) in [5.41, 5.74) is 7.44. The molecule has 1 amide bonds. The first kappa shape index (κ1) is 17.9. The van der Waals surface area contributed by atoms with Crippen molar-refractivity contribution in [2.45, 2.75) is 0 Å². The molecule has 6 heteroatoms. The molecule has 0 aliphatic carbocycles. The van der Waals surface area contributed by atoms with E-state index in [1.54, 1.807) is 60.7 Å². The Kier molecular flexibility index (Phi) is 5.51. The zero-order valence-electron chi connectivity index (χ0n) is 13.6. The lowest BCUT2D eigenvalue weighted by molar-refractivity contribution is 0.102. The third kappa shape index (κ3) is 4.39. The van der Waals surface area contributed by atoms with Crippen LogP contribution in [-0.4, -0.2) is 10.9 Å². The minimum atomic E-state index is -0.223. The molecule has 0 aromatic heterocycles.